The summed E-state index contributed by atoms with van der Waals surface area (Å²) in [6, 6.07) is 16.1. The molecule has 0 aromatic heterocycles. The average molecular weight is 617 g/mol. The molecule has 0 unspecified atom stereocenters. The summed E-state index contributed by atoms with van der Waals surface area (Å²) < 4.78 is 0. The Bertz CT molecular complexity index is 1090. The molecule has 1 fully saturated rings. The third-order valence-electron chi connectivity index (χ3n) is 4.68. The molecule has 1 aliphatic heterocycles. The maximum atomic E-state index is 10.6. The number of hydrogen-bond donors (Lipinski definition) is 2. The van der Waals surface area contributed by atoms with Crippen LogP contribution in [0.3, 0.4) is 0 Å². The molecule has 0 saturated carbocycles. The van der Waals surface area contributed by atoms with Gasteiger partial charge in [0.25, 0.3) is 0 Å². The molecule has 0 aliphatic carbocycles. The van der Waals surface area contributed by atoms with Gasteiger partial charge in [-0.3, -0.25) is 4.79 Å². The van der Waals surface area contributed by atoms with Crippen LogP contribution in [0.5, 0.6) is 17.2 Å². The van der Waals surface area contributed by atoms with E-state index in [9.17, 15) is 49.8 Å². The minimum atomic E-state index is -1.43. The second-order valence-electron chi connectivity index (χ2n) is 8.15. The fraction of sp³-hybridized carbons (Fsp3) is 0.214. The Labute approximate surface area is 257 Å². The van der Waals surface area contributed by atoms with E-state index in [-0.39, 0.29) is 38.4 Å². The molecule has 3 aromatic carbocycles. The van der Waals surface area contributed by atoms with Gasteiger partial charge in [-0.2, -0.15) is 0 Å². The molecule has 1 amide bonds. The van der Waals surface area contributed by atoms with Crippen molar-refractivity contribution in [2.75, 3.05) is 40.3 Å². The number of aromatic carboxylic acids is 3. The number of amides is 1. The zero-order valence-corrected chi connectivity index (χ0v) is 24.6. The normalized spacial score (nSPS) is 10.8. The number of carboxylic acids is 3. The Hall–Kier alpha value is -4.43. The summed E-state index contributed by atoms with van der Waals surface area (Å²) in [4.78, 5) is 41.2. The Balaban J connectivity index is 0. The van der Waals surface area contributed by atoms with Gasteiger partial charge in [0.1, 0.15) is 26.2 Å². The molecule has 222 valence electrons. The van der Waals surface area contributed by atoms with Gasteiger partial charge in [-0.05, 0) is 16.7 Å². The van der Waals surface area contributed by atoms with Gasteiger partial charge < -0.3 is 60.6 Å². The van der Waals surface area contributed by atoms with Crippen molar-refractivity contribution in [1.29, 1.82) is 0 Å². The van der Waals surface area contributed by atoms with Crippen LogP contribution in [0.4, 0.5) is 0 Å². The number of benzene rings is 3. The van der Waals surface area contributed by atoms with Crippen molar-refractivity contribution in [3.63, 3.8) is 0 Å². The van der Waals surface area contributed by atoms with Crippen molar-refractivity contribution in [3.05, 3.63) is 89.5 Å². The molecule has 13 nitrogen and oxygen atoms in total. The number of quaternary nitrogens is 2. The molecule has 0 radical (unpaired) electrons. The number of hydrogen-bond acceptors (Lipinski definition) is 10. The maximum absolute atomic E-state index is 10.6. The van der Waals surface area contributed by atoms with Gasteiger partial charge in [0.2, 0.25) is 6.41 Å². The molecule has 0 atom stereocenters. The molecular weight excluding hydrogens is 586 g/mol. The van der Waals surface area contributed by atoms with Gasteiger partial charge in [0.15, 0.2) is 0 Å². The van der Waals surface area contributed by atoms with Gasteiger partial charge in [0.05, 0.1) is 17.9 Å². The SMILES string of the molecule is C1C[NH2+]CC[NH2+]1.CN(C)C=O.O=C([O-])c1ccccc1[O-].O=C([O-])c1ccccc1[O-].O=C([O-])c1ccccc1[O-].[Ti+4]. The van der Waals surface area contributed by atoms with E-state index < -0.39 is 35.2 Å². The van der Waals surface area contributed by atoms with Crippen molar-refractivity contribution >= 4 is 24.3 Å². The van der Waals surface area contributed by atoms with Crippen LogP contribution < -0.4 is 41.3 Å². The third-order valence-corrected chi connectivity index (χ3v) is 4.68. The summed E-state index contributed by atoms with van der Waals surface area (Å²) in [6.45, 7) is 5.28. The zero-order valence-electron chi connectivity index (χ0n) is 23.0. The van der Waals surface area contributed by atoms with Gasteiger partial charge >= 0.3 is 21.7 Å². The smallest absolute Gasteiger partial charge is 0.872 e. The first kappa shape index (κ1) is 39.7. The molecule has 0 spiro atoms. The molecule has 1 saturated heterocycles. The number of carbonyl (C=O) groups is 4. The fourth-order valence-corrected chi connectivity index (χ4v) is 2.67. The van der Waals surface area contributed by atoms with Crippen LogP contribution in [-0.4, -0.2) is 69.5 Å². The Morgan fingerprint density at radius 1 is 0.595 bits per heavy atom. The van der Waals surface area contributed by atoms with E-state index in [0.717, 1.165) is 6.41 Å². The number of carbonyl (C=O) groups excluding carboxylic acids is 4. The van der Waals surface area contributed by atoms with Crippen molar-refractivity contribution in [1.82, 2.24) is 4.90 Å². The maximum Gasteiger partial charge on any atom is 4.00 e. The molecule has 4 rings (SSSR count). The second kappa shape index (κ2) is 23.3. The summed E-state index contributed by atoms with van der Waals surface area (Å²) in [5.74, 6) is -5.81. The van der Waals surface area contributed by atoms with E-state index >= 15 is 0 Å². The Morgan fingerprint density at radius 3 is 0.929 bits per heavy atom. The van der Waals surface area contributed by atoms with Crippen molar-refractivity contribution in [2.45, 2.75) is 0 Å². The largest absolute Gasteiger partial charge is 4.00 e. The second-order valence-corrected chi connectivity index (χ2v) is 8.15. The van der Waals surface area contributed by atoms with Gasteiger partial charge in [-0.25, -0.2) is 0 Å². The predicted octanol–water partition coefficient (Wildman–Crippen LogP) is -5.80. The number of piperazine rings is 1. The number of nitrogens with two attached hydrogens (primary N) is 2. The minimum absolute atomic E-state index is 0. The first-order chi connectivity index (χ1) is 19.4. The van der Waals surface area contributed by atoms with Crippen molar-refractivity contribution < 1.29 is 82.2 Å². The van der Waals surface area contributed by atoms with Gasteiger partial charge in [-0.15, -0.1) is 0 Å². The van der Waals surface area contributed by atoms with E-state index in [2.05, 4.69) is 10.6 Å². The first-order valence-corrected chi connectivity index (χ1v) is 12.1. The van der Waals surface area contributed by atoms with Crippen molar-refractivity contribution in [3.8, 4) is 17.2 Å². The molecular formula is C28H31N3O10Ti. The Kier molecular flexibility index (Phi) is 22.0. The van der Waals surface area contributed by atoms with Crippen molar-refractivity contribution in [2.24, 2.45) is 0 Å². The molecule has 0 bridgehead atoms. The molecule has 42 heavy (non-hydrogen) atoms. The molecule has 3 aromatic rings. The topological polar surface area (TPSA) is 243 Å². The number of rotatable bonds is 4. The third kappa shape index (κ3) is 18.0. The monoisotopic (exact) mass is 617 g/mol. The zero-order chi connectivity index (χ0) is 31.2. The molecule has 1 aliphatic rings. The van der Waals surface area contributed by atoms with Crippen LogP contribution >= 0.6 is 0 Å². The molecule has 4 N–H and O–H groups in total. The average Bonchev–Trinajstić information content (AvgIpc) is 2.95. The summed E-state index contributed by atoms with van der Waals surface area (Å²) in [6.07, 6.45) is 0.750. The van der Waals surface area contributed by atoms with E-state index in [0.29, 0.717) is 0 Å². The number of nitrogens with zero attached hydrogens (tertiary/aromatic N) is 1. The quantitative estimate of drug-likeness (QED) is 0.207. The van der Waals surface area contributed by atoms with E-state index in [1.807, 2.05) is 0 Å². The van der Waals surface area contributed by atoms with Gasteiger partial charge in [0, 0.05) is 14.1 Å². The summed E-state index contributed by atoms with van der Waals surface area (Å²) in [7, 11) is 3.38. The van der Waals surface area contributed by atoms with Crippen LogP contribution in [0.1, 0.15) is 31.1 Å². The molecule has 1 heterocycles. The van der Waals surface area contributed by atoms with Crippen LogP contribution in [0.15, 0.2) is 72.8 Å². The predicted molar refractivity (Wildman–Crippen MR) is 134 cm³/mol. The number of para-hydroxylation sites is 3. The van der Waals surface area contributed by atoms with Crippen LogP contribution in [0.2, 0.25) is 0 Å². The summed E-state index contributed by atoms with van der Waals surface area (Å²) in [5.41, 5.74) is -0.868. The van der Waals surface area contributed by atoms with E-state index in [1.165, 1.54) is 104 Å². The van der Waals surface area contributed by atoms with E-state index in [1.54, 1.807) is 14.1 Å². The fourth-order valence-electron chi connectivity index (χ4n) is 2.67. The summed E-state index contributed by atoms with van der Waals surface area (Å²) >= 11 is 0. The first-order valence-electron chi connectivity index (χ1n) is 12.1. The standard InChI is InChI=1S/3C7H6O3.C4H10N2.C3H7NO.Ti/c3*8-6-4-2-1-3-5(6)7(9)10;1-2-6-4-3-5-1;1-4(2)3-5;/h3*1-4,8H,(H,9,10);5-6H,1-4H2;3H,1-2H3;/q;;;;;+4/p-4. The van der Waals surface area contributed by atoms with Crippen LogP contribution in [0, 0.1) is 0 Å². The van der Waals surface area contributed by atoms with Gasteiger partial charge in [-0.1, -0.05) is 90.0 Å². The Morgan fingerprint density at radius 2 is 0.810 bits per heavy atom. The summed E-state index contributed by atoms with van der Waals surface area (Å²) in [5, 5.41) is 67.0. The van der Waals surface area contributed by atoms with E-state index in [4.69, 9.17) is 0 Å². The molecule has 14 heteroatoms. The minimum Gasteiger partial charge on any atom is -0.872 e. The van der Waals surface area contributed by atoms with Crippen LogP contribution in [0.25, 0.3) is 0 Å². The van der Waals surface area contributed by atoms with Crippen LogP contribution in [-0.2, 0) is 26.5 Å². The number of carboxylic acid groups (broad SMARTS) is 3.